The molecular formula is C16H25NO2. The van der Waals surface area contributed by atoms with Crippen molar-refractivity contribution in [3.63, 3.8) is 0 Å². The molecule has 0 spiro atoms. The van der Waals surface area contributed by atoms with Crippen molar-refractivity contribution < 1.29 is 9.47 Å². The molecule has 0 bridgehead atoms. The lowest BCUT2D eigenvalue weighted by atomic mass is 9.67. The molecule has 0 saturated heterocycles. The third kappa shape index (κ3) is 2.71. The number of hydrogen-bond donors (Lipinski definition) is 1. The molecule has 3 heteroatoms. The highest BCUT2D eigenvalue weighted by Gasteiger charge is 2.39. The van der Waals surface area contributed by atoms with Gasteiger partial charge >= 0.3 is 0 Å². The van der Waals surface area contributed by atoms with E-state index in [0.29, 0.717) is 11.8 Å². The number of benzene rings is 1. The Balaban J connectivity index is 2.43. The van der Waals surface area contributed by atoms with Gasteiger partial charge in [-0.05, 0) is 42.4 Å². The first-order chi connectivity index (χ1) is 8.99. The monoisotopic (exact) mass is 263 g/mol. The average Bonchev–Trinajstić information content (AvgIpc) is 2.42. The summed E-state index contributed by atoms with van der Waals surface area (Å²) in [6.45, 7) is 4.53. The molecule has 2 rings (SSSR count). The smallest absolute Gasteiger partial charge is 0.122 e. The van der Waals surface area contributed by atoms with Gasteiger partial charge in [0, 0.05) is 11.6 Å². The minimum atomic E-state index is -0.278. The highest BCUT2D eigenvalue weighted by molar-refractivity contribution is 5.42. The minimum Gasteiger partial charge on any atom is -0.497 e. The fourth-order valence-corrected chi connectivity index (χ4v) is 3.15. The van der Waals surface area contributed by atoms with Gasteiger partial charge < -0.3 is 15.2 Å². The molecule has 0 aliphatic heterocycles. The number of nitrogens with two attached hydrogens (primary N) is 1. The zero-order valence-corrected chi connectivity index (χ0v) is 12.4. The van der Waals surface area contributed by atoms with Crippen molar-refractivity contribution >= 4 is 0 Å². The van der Waals surface area contributed by atoms with E-state index in [4.69, 9.17) is 15.2 Å². The van der Waals surface area contributed by atoms with Gasteiger partial charge in [0.25, 0.3) is 0 Å². The van der Waals surface area contributed by atoms with Crippen LogP contribution in [0.25, 0.3) is 0 Å². The average molecular weight is 263 g/mol. The Bertz CT molecular complexity index is 424. The summed E-state index contributed by atoms with van der Waals surface area (Å²) >= 11 is 0. The maximum absolute atomic E-state index is 6.75. The lowest BCUT2D eigenvalue weighted by Crippen LogP contribution is -2.47. The van der Waals surface area contributed by atoms with E-state index in [9.17, 15) is 0 Å². The van der Waals surface area contributed by atoms with Crippen LogP contribution >= 0.6 is 0 Å². The standard InChI is InChI=1S/C16H25NO2/c1-11-5-6-12(2)16(17,10-11)13-7-14(18-3)9-15(8-13)19-4/h7-9,11-12H,5-6,10,17H2,1-4H3. The van der Waals surface area contributed by atoms with Crippen LogP contribution in [0, 0.1) is 11.8 Å². The van der Waals surface area contributed by atoms with E-state index in [0.717, 1.165) is 23.5 Å². The second-order valence-electron chi connectivity index (χ2n) is 5.93. The molecule has 1 aromatic rings. The predicted molar refractivity (Wildman–Crippen MR) is 77.6 cm³/mol. The van der Waals surface area contributed by atoms with Crippen LogP contribution in [0.5, 0.6) is 11.5 Å². The van der Waals surface area contributed by atoms with Crippen molar-refractivity contribution in [1.29, 1.82) is 0 Å². The molecule has 1 aliphatic rings. The van der Waals surface area contributed by atoms with Gasteiger partial charge in [0.05, 0.1) is 14.2 Å². The minimum absolute atomic E-state index is 0.278. The number of hydrogen-bond acceptors (Lipinski definition) is 3. The SMILES string of the molecule is COc1cc(OC)cc(C2(N)CC(C)CCC2C)c1. The zero-order chi connectivity index (χ0) is 14.0. The summed E-state index contributed by atoms with van der Waals surface area (Å²) in [6.07, 6.45) is 3.46. The van der Waals surface area contributed by atoms with E-state index in [2.05, 4.69) is 26.0 Å². The number of methoxy groups -OCH3 is 2. The molecule has 1 saturated carbocycles. The molecule has 19 heavy (non-hydrogen) atoms. The van der Waals surface area contributed by atoms with Gasteiger partial charge in [0.2, 0.25) is 0 Å². The molecule has 3 nitrogen and oxygen atoms in total. The van der Waals surface area contributed by atoms with Crippen LogP contribution in [0.3, 0.4) is 0 Å². The zero-order valence-electron chi connectivity index (χ0n) is 12.4. The first kappa shape index (κ1) is 14.2. The molecule has 2 N–H and O–H groups in total. The van der Waals surface area contributed by atoms with Crippen LogP contribution in [0.2, 0.25) is 0 Å². The van der Waals surface area contributed by atoms with Gasteiger partial charge in [-0.3, -0.25) is 0 Å². The lowest BCUT2D eigenvalue weighted by Gasteiger charge is -2.43. The fourth-order valence-electron chi connectivity index (χ4n) is 3.15. The Morgan fingerprint density at radius 3 is 2.16 bits per heavy atom. The quantitative estimate of drug-likeness (QED) is 0.910. The van der Waals surface area contributed by atoms with Gasteiger partial charge in [-0.1, -0.05) is 20.3 Å². The third-order valence-corrected chi connectivity index (χ3v) is 4.55. The third-order valence-electron chi connectivity index (χ3n) is 4.55. The molecule has 106 valence electrons. The summed E-state index contributed by atoms with van der Waals surface area (Å²) in [6, 6.07) is 6.00. The van der Waals surface area contributed by atoms with Gasteiger partial charge in [0.1, 0.15) is 11.5 Å². The highest BCUT2D eigenvalue weighted by Crippen LogP contribution is 2.43. The van der Waals surface area contributed by atoms with E-state index in [1.807, 2.05) is 6.07 Å². The summed E-state index contributed by atoms with van der Waals surface area (Å²) in [5.74, 6) is 2.76. The summed E-state index contributed by atoms with van der Waals surface area (Å²) in [4.78, 5) is 0. The van der Waals surface area contributed by atoms with Crippen LogP contribution in [0.4, 0.5) is 0 Å². The van der Waals surface area contributed by atoms with Crippen molar-refractivity contribution in [1.82, 2.24) is 0 Å². The normalized spacial score (nSPS) is 31.0. The molecular weight excluding hydrogens is 238 g/mol. The maximum Gasteiger partial charge on any atom is 0.122 e. The van der Waals surface area contributed by atoms with Gasteiger partial charge in [-0.15, -0.1) is 0 Å². The second-order valence-corrected chi connectivity index (χ2v) is 5.93. The summed E-state index contributed by atoms with van der Waals surface area (Å²) in [5, 5.41) is 0. The molecule has 0 aromatic heterocycles. The molecule has 3 unspecified atom stereocenters. The Kier molecular flexibility index (Phi) is 4.04. The van der Waals surface area contributed by atoms with Crippen molar-refractivity contribution in [3.05, 3.63) is 23.8 Å². The Morgan fingerprint density at radius 2 is 1.63 bits per heavy atom. The highest BCUT2D eigenvalue weighted by atomic mass is 16.5. The first-order valence-electron chi connectivity index (χ1n) is 7.02. The number of ether oxygens (including phenoxy) is 2. The molecule has 1 fully saturated rings. The van der Waals surface area contributed by atoms with E-state index in [-0.39, 0.29) is 5.54 Å². The summed E-state index contributed by atoms with van der Waals surface area (Å²) < 4.78 is 10.7. The van der Waals surface area contributed by atoms with Crippen LogP contribution < -0.4 is 15.2 Å². The van der Waals surface area contributed by atoms with Crippen molar-refractivity contribution in [2.75, 3.05) is 14.2 Å². The van der Waals surface area contributed by atoms with Gasteiger partial charge in [0.15, 0.2) is 0 Å². The molecule has 1 aromatic carbocycles. The van der Waals surface area contributed by atoms with Gasteiger partial charge in [-0.2, -0.15) is 0 Å². The Labute approximate surface area is 116 Å². The fraction of sp³-hybridized carbons (Fsp3) is 0.625. The number of rotatable bonds is 3. The van der Waals surface area contributed by atoms with E-state index in [1.54, 1.807) is 14.2 Å². The molecule has 0 heterocycles. The maximum atomic E-state index is 6.75. The Hall–Kier alpha value is -1.22. The van der Waals surface area contributed by atoms with E-state index in [1.165, 1.54) is 12.8 Å². The predicted octanol–water partition coefficient (Wildman–Crippen LogP) is 3.31. The second kappa shape index (κ2) is 5.41. The van der Waals surface area contributed by atoms with Crippen LogP contribution in [-0.4, -0.2) is 14.2 Å². The molecule has 1 aliphatic carbocycles. The van der Waals surface area contributed by atoms with Crippen molar-refractivity contribution in [2.24, 2.45) is 17.6 Å². The van der Waals surface area contributed by atoms with Crippen LogP contribution in [0.15, 0.2) is 18.2 Å². The van der Waals surface area contributed by atoms with E-state index < -0.39 is 0 Å². The van der Waals surface area contributed by atoms with Crippen LogP contribution in [-0.2, 0) is 5.54 Å². The lowest BCUT2D eigenvalue weighted by molar-refractivity contribution is 0.161. The molecule has 3 atom stereocenters. The molecule has 0 amide bonds. The first-order valence-corrected chi connectivity index (χ1v) is 7.02. The summed E-state index contributed by atoms with van der Waals surface area (Å²) in [5.41, 5.74) is 7.60. The van der Waals surface area contributed by atoms with E-state index >= 15 is 0 Å². The van der Waals surface area contributed by atoms with Crippen molar-refractivity contribution in [3.8, 4) is 11.5 Å². The van der Waals surface area contributed by atoms with Crippen molar-refractivity contribution in [2.45, 2.75) is 38.6 Å². The largest absolute Gasteiger partial charge is 0.497 e. The summed E-state index contributed by atoms with van der Waals surface area (Å²) in [7, 11) is 3.35. The topological polar surface area (TPSA) is 44.5 Å². The van der Waals surface area contributed by atoms with Crippen LogP contribution in [0.1, 0.15) is 38.7 Å². The van der Waals surface area contributed by atoms with Gasteiger partial charge in [-0.25, -0.2) is 0 Å². The molecule has 0 radical (unpaired) electrons. The Morgan fingerprint density at radius 1 is 1.05 bits per heavy atom.